The van der Waals surface area contributed by atoms with E-state index in [1.807, 2.05) is 0 Å². The minimum absolute atomic E-state index is 0. The molecule has 0 aliphatic rings. The normalized spacial score (nSPS) is 9.67. The average Bonchev–Trinajstić information content (AvgIpc) is 2.05. The van der Waals surface area contributed by atoms with Gasteiger partial charge in [0.05, 0.1) is 0 Å². The Hall–Kier alpha value is 0.324. The van der Waals surface area contributed by atoms with Crippen LogP contribution in [0.3, 0.4) is 0 Å². The summed E-state index contributed by atoms with van der Waals surface area (Å²) >= 11 is 0. The predicted octanol–water partition coefficient (Wildman–Crippen LogP) is 3.18. The quantitative estimate of drug-likeness (QED) is 0.692. The second-order valence-corrected chi connectivity index (χ2v) is 3.15. The first-order valence-corrected chi connectivity index (χ1v) is 4.12. The molecule has 0 spiro atoms. The summed E-state index contributed by atoms with van der Waals surface area (Å²) in [4.78, 5) is 0. The molecule has 0 fully saturated rings. The molecule has 0 nitrogen and oxygen atoms in total. The molecule has 0 N–H and O–H groups in total. The zero-order valence-electron chi connectivity index (χ0n) is 7.88. The molecule has 63 valence electrons. The van der Waals surface area contributed by atoms with Crippen molar-refractivity contribution in [1.29, 1.82) is 0 Å². The van der Waals surface area contributed by atoms with Crippen LogP contribution in [0, 0.1) is 6.92 Å². The maximum atomic E-state index is 3.83. The van der Waals surface area contributed by atoms with Crippen molar-refractivity contribution < 1.29 is 32.7 Å². The Morgan fingerprint density at radius 2 is 1.67 bits per heavy atom. The van der Waals surface area contributed by atoms with Gasteiger partial charge in [-0.05, 0) is 11.5 Å². The van der Waals surface area contributed by atoms with Gasteiger partial charge >= 0.3 is 0 Å². The summed E-state index contributed by atoms with van der Waals surface area (Å²) in [7, 11) is 0. The van der Waals surface area contributed by atoms with Crippen molar-refractivity contribution in [2.45, 2.75) is 26.2 Å². The van der Waals surface area contributed by atoms with Crippen LogP contribution in [-0.4, -0.2) is 0 Å². The molecule has 0 atom stereocenters. The fourth-order valence-corrected chi connectivity index (χ4v) is 1.07. The van der Waals surface area contributed by atoms with Crippen molar-refractivity contribution in [1.82, 2.24) is 0 Å². The number of hydrogen-bond donors (Lipinski definition) is 0. The molecule has 12 heavy (non-hydrogen) atoms. The van der Waals surface area contributed by atoms with Gasteiger partial charge in [-0.25, -0.2) is 0 Å². The first kappa shape index (κ1) is 12.3. The van der Waals surface area contributed by atoms with Crippen LogP contribution in [0.25, 0.3) is 0 Å². The SMILES string of the molecule is [CH2-]Cc1ccc(C(C)C)cc1.[Y]. The predicted molar refractivity (Wildman–Crippen MR) is 49.6 cm³/mol. The Labute approximate surface area is 101 Å². The Kier molecular flexibility index (Phi) is 6.04. The van der Waals surface area contributed by atoms with Crippen LogP contribution >= 0.6 is 0 Å². The first-order valence-electron chi connectivity index (χ1n) is 4.12. The third-order valence-corrected chi connectivity index (χ3v) is 1.94. The van der Waals surface area contributed by atoms with E-state index in [9.17, 15) is 0 Å². The van der Waals surface area contributed by atoms with Crippen LogP contribution in [0.5, 0.6) is 0 Å². The van der Waals surface area contributed by atoms with E-state index in [0.717, 1.165) is 6.42 Å². The minimum Gasteiger partial charge on any atom is -0.339 e. The van der Waals surface area contributed by atoms with Gasteiger partial charge in [-0.15, -0.1) is 0 Å². The summed E-state index contributed by atoms with van der Waals surface area (Å²) in [6.07, 6.45) is 0.887. The maximum Gasteiger partial charge on any atom is 0 e. The van der Waals surface area contributed by atoms with E-state index in [-0.39, 0.29) is 32.7 Å². The van der Waals surface area contributed by atoms with E-state index >= 15 is 0 Å². The Bertz CT molecular complexity index is 211. The van der Waals surface area contributed by atoms with Crippen molar-refractivity contribution in [3.8, 4) is 0 Å². The smallest absolute Gasteiger partial charge is 0 e. The summed E-state index contributed by atoms with van der Waals surface area (Å²) in [6, 6.07) is 8.68. The van der Waals surface area contributed by atoms with E-state index in [1.165, 1.54) is 11.1 Å². The van der Waals surface area contributed by atoms with E-state index in [4.69, 9.17) is 0 Å². The van der Waals surface area contributed by atoms with Crippen molar-refractivity contribution in [3.63, 3.8) is 0 Å². The summed E-state index contributed by atoms with van der Waals surface area (Å²) in [5, 5.41) is 0. The molecule has 0 amide bonds. The van der Waals surface area contributed by atoms with Crippen molar-refractivity contribution in [2.24, 2.45) is 0 Å². The largest absolute Gasteiger partial charge is 0.339 e. The Morgan fingerprint density at radius 1 is 1.17 bits per heavy atom. The van der Waals surface area contributed by atoms with Gasteiger partial charge in [0.2, 0.25) is 0 Å². The third-order valence-electron chi connectivity index (χ3n) is 1.94. The summed E-state index contributed by atoms with van der Waals surface area (Å²) in [6.45, 7) is 8.25. The standard InChI is InChI=1S/C11H15.Y/c1-4-10-5-7-11(8-6-10)9(2)3;/h5-9H,1,4H2,2-3H3;/q-1;. The fraction of sp³-hybridized carbons (Fsp3) is 0.364. The molecule has 1 aromatic rings. The van der Waals surface area contributed by atoms with E-state index < -0.39 is 0 Å². The Morgan fingerprint density at radius 3 is 2.00 bits per heavy atom. The van der Waals surface area contributed by atoms with Gasteiger partial charge in [0.15, 0.2) is 0 Å². The molecule has 0 saturated heterocycles. The second-order valence-electron chi connectivity index (χ2n) is 3.15. The van der Waals surface area contributed by atoms with Crippen LogP contribution in [0.4, 0.5) is 0 Å². The average molecular weight is 236 g/mol. The van der Waals surface area contributed by atoms with Crippen LogP contribution in [-0.2, 0) is 39.1 Å². The zero-order valence-corrected chi connectivity index (χ0v) is 10.7. The molecule has 0 saturated carbocycles. The molecule has 0 aliphatic carbocycles. The van der Waals surface area contributed by atoms with Crippen molar-refractivity contribution >= 4 is 0 Å². The van der Waals surface area contributed by atoms with Gasteiger partial charge in [0.25, 0.3) is 0 Å². The summed E-state index contributed by atoms with van der Waals surface area (Å²) < 4.78 is 0. The molecular formula is C11H15Y-. The monoisotopic (exact) mass is 236 g/mol. The van der Waals surface area contributed by atoms with Gasteiger partial charge in [-0.1, -0.05) is 43.7 Å². The molecule has 0 bridgehead atoms. The molecule has 0 aliphatic heterocycles. The fourth-order valence-electron chi connectivity index (χ4n) is 1.07. The number of benzene rings is 1. The molecule has 1 rings (SSSR count). The number of hydrogen-bond acceptors (Lipinski definition) is 0. The first-order chi connectivity index (χ1) is 5.24. The van der Waals surface area contributed by atoms with Gasteiger partial charge < -0.3 is 6.92 Å². The second kappa shape index (κ2) is 5.88. The van der Waals surface area contributed by atoms with Gasteiger partial charge in [-0.2, -0.15) is 6.42 Å². The molecule has 0 heterocycles. The van der Waals surface area contributed by atoms with Gasteiger partial charge in [0, 0.05) is 32.7 Å². The molecule has 1 aromatic carbocycles. The van der Waals surface area contributed by atoms with Crippen LogP contribution < -0.4 is 0 Å². The molecule has 0 aromatic heterocycles. The topological polar surface area (TPSA) is 0 Å². The molecule has 0 unspecified atom stereocenters. The minimum atomic E-state index is 0. The van der Waals surface area contributed by atoms with Crippen molar-refractivity contribution in [2.75, 3.05) is 0 Å². The van der Waals surface area contributed by atoms with E-state index in [1.54, 1.807) is 0 Å². The maximum absolute atomic E-state index is 3.83. The number of rotatable bonds is 2. The Balaban J connectivity index is 0.00000121. The van der Waals surface area contributed by atoms with Crippen LogP contribution in [0.2, 0.25) is 0 Å². The molecular weight excluding hydrogens is 221 g/mol. The van der Waals surface area contributed by atoms with E-state index in [2.05, 4.69) is 45.0 Å². The van der Waals surface area contributed by atoms with Crippen molar-refractivity contribution in [3.05, 3.63) is 42.3 Å². The molecule has 1 heteroatoms. The third kappa shape index (κ3) is 3.37. The van der Waals surface area contributed by atoms with Gasteiger partial charge in [0.1, 0.15) is 0 Å². The molecule has 1 radical (unpaired) electrons. The van der Waals surface area contributed by atoms with Crippen LogP contribution in [0.1, 0.15) is 30.9 Å². The summed E-state index contributed by atoms with van der Waals surface area (Å²) in [5.74, 6) is 0.633. The van der Waals surface area contributed by atoms with Gasteiger partial charge in [-0.3, -0.25) is 0 Å². The summed E-state index contributed by atoms with van der Waals surface area (Å²) in [5.41, 5.74) is 2.72. The zero-order chi connectivity index (χ0) is 8.27. The van der Waals surface area contributed by atoms with Crippen LogP contribution in [0.15, 0.2) is 24.3 Å². The van der Waals surface area contributed by atoms with E-state index in [0.29, 0.717) is 5.92 Å².